The van der Waals surface area contributed by atoms with Crippen LogP contribution in [0.15, 0.2) is 91.0 Å². The van der Waals surface area contributed by atoms with E-state index >= 15 is 0 Å². The summed E-state index contributed by atoms with van der Waals surface area (Å²) < 4.78 is 17.8. The summed E-state index contributed by atoms with van der Waals surface area (Å²) in [6, 6.07) is 27.6. The van der Waals surface area contributed by atoms with Crippen molar-refractivity contribution in [3.05, 3.63) is 118 Å². The highest BCUT2D eigenvalue weighted by Crippen LogP contribution is 2.55. The second-order valence-electron chi connectivity index (χ2n) is 18.7. The Morgan fingerprint density at radius 3 is 2.09 bits per heavy atom. The van der Waals surface area contributed by atoms with Gasteiger partial charge in [0.2, 0.25) is 17.7 Å². The lowest BCUT2D eigenvalue weighted by Crippen LogP contribution is -2.74. The van der Waals surface area contributed by atoms with Gasteiger partial charge in [0.25, 0.3) is 5.91 Å². The van der Waals surface area contributed by atoms with E-state index in [1.165, 1.54) is 0 Å². The van der Waals surface area contributed by atoms with Crippen LogP contribution in [-0.4, -0.2) is 79.1 Å². The van der Waals surface area contributed by atoms with Crippen molar-refractivity contribution in [1.82, 2.24) is 20.9 Å². The Labute approximate surface area is 385 Å². The maximum atomic E-state index is 13.8. The van der Waals surface area contributed by atoms with Gasteiger partial charge in [0, 0.05) is 46.6 Å². The predicted molar refractivity (Wildman–Crippen MR) is 247 cm³/mol. The molecule has 0 aromatic heterocycles. The number of nitriles is 1. The van der Waals surface area contributed by atoms with Gasteiger partial charge in [0.05, 0.1) is 17.2 Å². The fourth-order valence-corrected chi connectivity index (χ4v) is 9.32. The molecule has 2 fully saturated rings. The molecule has 0 radical (unpaired) electrons. The van der Waals surface area contributed by atoms with Crippen LogP contribution in [0.2, 0.25) is 10.0 Å². The highest BCUT2D eigenvalue weighted by atomic mass is 35.5. The van der Waals surface area contributed by atoms with E-state index in [2.05, 4.69) is 49.7 Å². The van der Waals surface area contributed by atoms with E-state index in [1.807, 2.05) is 69.3 Å². The lowest BCUT2D eigenvalue weighted by Gasteiger charge is -2.63. The molecule has 0 bridgehead atoms. The number of nitrogens with zero attached hydrogens (tertiary/aromatic N) is 2. The molecule has 4 amide bonds. The number of carbonyl (C=O) groups is 4. The summed E-state index contributed by atoms with van der Waals surface area (Å²) in [4.78, 5) is 55.0. The quantitative estimate of drug-likeness (QED) is 0.0947. The number of rotatable bonds is 16. The molecule has 12 nitrogen and oxygen atoms in total. The van der Waals surface area contributed by atoms with Gasteiger partial charge in [-0.05, 0) is 83.5 Å². The largest absolute Gasteiger partial charge is 0.491 e. The average Bonchev–Trinajstić information content (AvgIpc) is 3.76. The van der Waals surface area contributed by atoms with Gasteiger partial charge in [-0.25, -0.2) is 0 Å². The van der Waals surface area contributed by atoms with Gasteiger partial charge < -0.3 is 35.1 Å². The van der Waals surface area contributed by atoms with Crippen molar-refractivity contribution in [2.75, 3.05) is 26.4 Å². The van der Waals surface area contributed by atoms with E-state index in [0.29, 0.717) is 58.6 Å². The number of hydrogen-bond acceptors (Lipinski definition) is 8. The summed E-state index contributed by atoms with van der Waals surface area (Å²) >= 11 is 12.2. The van der Waals surface area contributed by atoms with Crippen LogP contribution in [0, 0.1) is 27.6 Å². The monoisotopic (exact) mass is 909 g/mol. The van der Waals surface area contributed by atoms with E-state index in [9.17, 15) is 24.4 Å². The molecule has 1 aliphatic heterocycles. The summed E-state index contributed by atoms with van der Waals surface area (Å²) in [7, 11) is 0. The number of amides is 4. The maximum absolute atomic E-state index is 13.8. The van der Waals surface area contributed by atoms with Crippen LogP contribution < -0.4 is 25.4 Å². The van der Waals surface area contributed by atoms with Crippen molar-refractivity contribution in [3.8, 4) is 28.7 Å². The van der Waals surface area contributed by atoms with Crippen molar-refractivity contribution in [2.24, 2.45) is 16.2 Å². The minimum absolute atomic E-state index is 0.143. The highest BCUT2D eigenvalue weighted by Gasteiger charge is 2.64. The SMILES string of the molecule is CC(C)(C)C(NC(=O)COCCOc1ccc(-c2ccc(C(=O)N[C@H]3C(C)(C)[C@H](Oc4ccc(C#N)c(Cl)c4)C3(C)C)cc2)cc1)C(=O)N1CCC[C@H]1C(=O)NCc1ccc(Cl)cc1. The molecule has 1 unspecified atom stereocenters. The average molecular weight is 911 g/mol. The van der Waals surface area contributed by atoms with E-state index < -0.39 is 23.4 Å². The first-order valence-corrected chi connectivity index (χ1v) is 22.3. The molecule has 1 saturated carbocycles. The number of carbonyl (C=O) groups excluding carboxylic acids is 4. The summed E-state index contributed by atoms with van der Waals surface area (Å²) in [5.74, 6) is 0.0517. The predicted octanol–water partition coefficient (Wildman–Crippen LogP) is 8.38. The molecule has 64 heavy (non-hydrogen) atoms. The molecule has 3 N–H and O–H groups in total. The van der Waals surface area contributed by atoms with Crippen molar-refractivity contribution in [1.29, 1.82) is 5.26 Å². The Balaban J connectivity index is 0.929. The summed E-state index contributed by atoms with van der Waals surface area (Å²) in [5, 5.41) is 19.2. The topological polar surface area (TPSA) is 159 Å². The Hall–Kier alpha value is -5.61. The molecular formula is C50H57Cl2N5O7. The Kier molecular flexibility index (Phi) is 15.0. The second kappa shape index (κ2) is 20.1. The van der Waals surface area contributed by atoms with Crippen molar-refractivity contribution in [2.45, 2.75) is 92.1 Å². The number of likely N-dealkylation sites (tertiary alicyclic amines) is 1. The Bertz CT molecular complexity index is 2340. The van der Waals surface area contributed by atoms with E-state index in [0.717, 1.165) is 16.7 Å². The zero-order valence-corrected chi connectivity index (χ0v) is 38.9. The third-order valence-corrected chi connectivity index (χ3v) is 12.7. The molecule has 2 aliphatic rings. The first-order chi connectivity index (χ1) is 30.3. The number of hydrogen-bond donors (Lipinski definition) is 3. The summed E-state index contributed by atoms with van der Waals surface area (Å²) in [6.07, 6.45) is 1.02. The molecule has 4 aromatic rings. The first kappa shape index (κ1) is 47.9. The molecular weight excluding hydrogens is 853 g/mol. The molecule has 1 saturated heterocycles. The normalized spacial score (nSPS) is 19.1. The first-order valence-electron chi connectivity index (χ1n) is 21.5. The van der Waals surface area contributed by atoms with Gasteiger partial charge in [-0.15, -0.1) is 0 Å². The van der Waals surface area contributed by atoms with Gasteiger partial charge in [-0.3, -0.25) is 19.2 Å². The second-order valence-corrected chi connectivity index (χ2v) is 19.5. The smallest absolute Gasteiger partial charge is 0.251 e. The van der Waals surface area contributed by atoms with Gasteiger partial charge in [-0.2, -0.15) is 5.26 Å². The van der Waals surface area contributed by atoms with E-state index in [-0.39, 0.29) is 60.5 Å². The van der Waals surface area contributed by atoms with Gasteiger partial charge in [0.15, 0.2) is 0 Å². The number of benzene rings is 4. The minimum atomic E-state index is -0.860. The Morgan fingerprint density at radius 2 is 1.48 bits per heavy atom. The molecule has 338 valence electrons. The molecule has 1 aliphatic carbocycles. The van der Waals surface area contributed by atoms with E-state index in [1.54, 1.807) is 47.4 Å². The molecule has 1 heterocycles. The van der Waals surface area contributed by atoms with Crippen LogP contribution >= 0.6 is 23.2 Å². The van der Waals surface area contributed by atoms with Crippen molar-refractivity contribution < 1.29 is 33.4 Å². The van der Waals surface area contributed by atoms with Gasteiger partial charge in [0.1, 0.15) is 49.0 Å². The number of halogens is 2. The molecule has 6 rings (SSSR count). The zero-order valence-electron chi connectivity index (χ0n) is 37.4. The van der Waals surface area contributed by atoms with Crippen LogP contribution in [0.1, 0.15) is 82.8 Å². The van der Waals surface area contributed by atoms with Crippen LogP contribution in [-0.2, 0) is 25.7 Å². The molecule has 14 heteroatoms. The standard InChI is InChI=1S/C50H57Cl2N5O7/c1-48(2,3)42(45(61)57-24-8-9-40(57)44(60)54-29-31-10-19-36(51)20-11-31)55-41(58)30-62-25-26-63-37-21-16-33(17-22-37)32-12-14-34(15-13-32)43(59)56-46-49(4,5)47(50(46,6)7)64-38-23-18-35(28-53)39(52)27-38/h10-23,27,40,42,46-47H,8-9,24-26,29-30H2,1-7H3,(H,54,60)(H,55,58)(H,56,59)/t40-,42?,46-,47-/m0/s1. The van der Waals surface area contributed by atoms with Crippen LogP contribution in [0.5, 0.6) is 11.5 Å². The highest BCUT2D eigenvalue weighted by molar-refractivity contribution is 6.31. The van der Waals surface area contributed by atoms with Gasteiger partial charge in [-0.1, -0.05) is 108 Å². The molecule has 2 atom stereocenters. The third kappa shape index (κ3) is 11.2. The van der Waals surface area contributed by atoms with E-state index in [4.69, 9.17) is 37.4 Å². The minimum Gasteiger partial charge on any atom is -0.491 e. The number of nitrogens with one attached hydrogen (secondary N) is 3. The van der Waals surface area contributed by atoms with Crippen LogP contribution in [0.3, 0.4) is 0 Å². The van der Waals surface area contributed by atoms with Crippen molar-refractivity contribution in [3.63, 3.8) is 0 Å². The maximum Gasteiger partial charge on any atom is 0.251 e. The van der Waals surface area contributed by atoms with Gasteiger partial charge >= 0.3 is 0 Å². The Morgan fingerprint density at radius 1 is 0.859 bits per heavy atom. The van der Waals surface area contributed by atoms with Crippen molar-refractivity contribution >= 4 is 46.8 Å². The van der Waals surface area contributed by atoms with Crippen LogP contribution in [0.4, 0.5) is 0 Å². The third-order valence-electron chi connectivity index (χ3n) is 12.1. The lowest BCUT2D eigenvalue weighted by molar-refractivity contribution is -0.164. The lowest BCUT2D eigenvalue weighted by atomic mass is 9.49. The summed E-state index contributed by atoms with van der Waals surface area (Å²) in [6.45, 7) is 14.7. The zero-order chi connectivity index (χ0) is 46.4. The fraction of sp³-hybridized carbons (Fsp3) is 0.420. The fourth-order valence-electron chi connectivity index (χ4n) is 8.98. The summed E-state index contributed by atoms with van der Waals surface area (Å²) in [5.41, 5.74) is 2.30. The molecule has 4 aromatic carbocycles. The number of ether oxygens (including phenoxy) is 3. The van der Waals surface area contributed by atoms with Crippen LogP contribution in [0.25, 0.3) is 11.1 Å². The molecule has 0 spiro atoms.